The standard InChI is InChI=1S/C37H35N/c1-36(2,3)34-24-33-31(23-35(34)38-29-19-16-27(17-20-29)25-12-8-6-9-13-25)30-22-28(26-14-10-7-11-15-26)18-21-32(30)37(33,4)5/h6-24,38H,1-5H3. The number of anilines is 2. The molecule has 1 heteroatoms. The molecule has 1 nitrogen and oxygen atoms in total. The molecule has 38 heavy (non-hydrogen) atoms. The molecule has 0 heterocycles. The van der Waals surface area contributed by atoms with Crippen LogP contribution in [0.1, 0.15) is 51.3 Å². The van der Waals surface area contributed by atoms with E-state index < -0.39 is 0 Å². The van der Waals surface area contributed by atoms with Gasteiger partial charge in [0.1, 0.15) is 0 Å². The molecular weight excluding hydrogens is 458 g/mol. The maximum absolute atomic E-state index is 3.79. The van der Waals surface area contributed by atoms with Crippen LogP contribution in [-0.4, -0.2) is 0 Å². The van der Waals surface area contributed by atoms with Crippen molar-refractivity contribution in [2.45, 2.75) is 45.4 Å². The average Bonchev–Trinajstić information content (AvgIpc) is 3.14. The quantitative estimate of drug-likeness (QED) is 0.262. The van der Waals surface area contributed by atoms with Gasteiger partial charge in [-0.25, -0.2) is 0 Å². The summed E-state index contributed by atoms with van der Waals surface area (Å²) >= 11 is 0. The number of benzene rings is 5. The first-order valence-electron chi connectivity index (χ1n) is 13.5. The summed E-state index contributed by atoms with van der Waals surface area (Å²) in [5, 5.41) is 3.79. The van der Waals surface area contributed by atoms with Crippen LogP contribution in [0.25, 0.3) is 33.4 Å². The number of nitrogens with one attached hydrogen (secondary N) is 1. The fourth-order valence-corrected chi connectivity index (χ4v) is 5.86. The Balaban J connectivity index is 1.45. The molecule has 1 aliphatic carbocycles. The van der Waals surface area contributed by atoms with Gasteiger partial charge in [0.15, 0.2) is 0 Å². The number of hydrogen-bond donors (Lipinski definition) is 1. The van der Waals surface area contributed by atoms with Gasteiger partial charge in [0.05, 0.1) is 0 Å². The third-order valence-electron chi connectivity index (χ3n) is 8.00. The molecule has 0 saturated heterocycles. The molecule has 0 aromatic heterocycles. The van der Waals surface area contributed by atoms with Crippen molar-refractivity contribution in [1.82, 2.24) is 0 Å². The molecule has 188 valence electrons. The van der Waals surface area contributed by atoms with Gasteiger partial charge in [-0.1, -0.05) is 126 Å². The second-order valence-corrected chi connectivity index (χ2v) is 12.0. The van der Waals surface area contributed by atoms with E-state index >= 15 is 0 Å². The van der Waals surface area contributed by atoms with E-state index in [0.29, 0.717) is 0 Å². The van der Waals surface area contributed by atoms with Gasteiger partial charge in [-0.3, -0.25) is 0 Å². The molecule has 0 amide bonds. The van der Waals surface area contributed by atoms with Crippen molar-refractivity contribution in [3.63, 3.8) is 0 Å². The normalized spacial score (nSPS) is 13.6. The molecule has 1 aliphatic rings. The van der Waals surface area contributed by atoms with E-state index in [2.05, 4.69) is 155 Å². The molecule has 0 unspecified atom stereocenters. The lowest BCUT2D eigenvalue weighted by Gasteiger charge is -2.28. The van der Waals surface area contributed by atoms with Crippen molar-refractivity contribution in [1.29, 1.82) is 0 Å². The Morgan fingerprint density at radius 1 is 0.526 bits per heavy atom. The molecule has 5 aromatic rings. The highest BCUT2D eigenvalue weighted by Gasteiger charge is 2.37. The van der Waals surface area contributed by atoms with Crippen LogP contribution in [0, 0.1) is 0 Å². The molecule has 6 rings (SSSR count). The monoisotopic (exact) mass is 493 g/mol. The molecule has 0 bridgehead atoms. The van der Waals surface area contributed by atoms with Crippen molar-refractivity contribution in [3.05, 3.63) is 132 Å². The molecule has 0 atom stereocenters. The van der Waals surface area contributed by atoms with Crippen LogP contribution < -0.4 is 5.32 Å². The zero-order chi connectivity index (χ0) is 26.5. The SMILES string of the molecule is CC(C)(C)c1cc2c(cc1Nc1ccc(-c3ccccc3)cc1)-c1cc(-c3ccccc3)ccc1C2(C)C. The summed E-state index contributed by atoms with van der Waals surface area (Å²) < 4.78 is 0. The topological polar surface area (TPSA) is 12.0 Å². The van der Waals surface area contributed by atoms with E-state index in [9.17, 15) is 0 Å². The summed E-state index contributed by atoms with van der Waals surface area (Å²) in [5.41, 5.74) is 14.0. The van der Waals surface area contributed by atoms with Gasteiger partial charge < -0.3 is 5.32 Å². The third kappa shape index (κ3) is 4.23. The van der Waals surface area contributed by atoms with Crippen LogP contribution >= 0.6 is 0 Å². The zero-order valence-electron chi connectivity index (χ0n) is 23.0. The Labute approximate surface area is 227 Å². The van der Waals surface area contributed by atoms with Crippen LogP contribution in [0.2, 0.25) is 0 Å². The van der Waals surface area contributed by atoms with E-state index in [1.165, 1.54) is 55.8 Å². The largest absolute Gasteiger partial charge is 0.355 e. The van der Waals surface area contributed by atoms with E-state index in [1.807, 2.05) is 0 Å². The number of rotatable bonds is 4. The maximum atomic E-state index is 3.79. The first-order chi connectivity index (χ1) is 18.2. The van der Waals surface area contributed by atoms with Gasteiger partial charge in [-0.05, 0) is 79.8 Å². The molecule has 0 saturated carbocycles. The second-order valence-electron chi connectivity index (χ2n) is 12.0. The van der Waals surface area contributed by atoms with E-state index in [4.69, 9.17) is 0 Å². The van der Waals surface area contributed by atoms with Crippen LogP contribution in [0.4, 0.5) is 11.4 Å². The van der Waals surface area contributed by atoms with Gasteiger partial charge in [0.2, 0.25) is 0 Å². The van der Waals surface area contributed by atoms with Crippen molar-refractivity contribution >= 4 is 11.4 Å². The fraction of sp³-hybridized carbons (Fsp3) is 0.189. The van der Waals surface area contributed by atoms with Gasteiger partial charge >= 0.3 is 0 Å². The van der Waals surface area contributed by atoms with E-state index in [-0.39, 0.29) is 10.8 Å². The maximum Gasteiger partial charge on any atom is 0.0428 e. The summed E-state index contributed by atoms with van der Waals surface area (Å²) in [6, 6.07) is 41.9. The summed E-state index contributed by atoms with van der Waals surface area (Å²) in [7, 11) is 0. The third-order valence-corrected chi connectivity index (χ3v) is 8.00. The number of fused-ring (bicyclic) bond motifs is 3. The Morgan fingerprint density at radius 2 is 1.05 bits per heavy atom. The van der Waals surface area contributed by atoms with Crippen LogP contribution in [-0.2, 0) is 10.8 Å². The van der Waals surface area contributed by atoms with Crippen LogP contribution in [0.15, 0.2) is 115 Å². The minimum absolute atomic E-state index is 0.00139. The number of hydrogen-bond acceptors (Lipinski definition) is 1. The highest BCUT2D eigenvalue weighted by Crippen LogP contribution is 2.52. The molecule has 0 radical (unpaired) electrons. The second kappa shape index (κ2) is 9.03. The molecular formula is C37H35N. The lowest BCUT2D eigenvalue weighted by atomic mass is 9.78. The van der Waals surface area contributed by atoms with Crippen molar-refractivity contribution in [3.8, 4) is 33.4 Å². The Kier molecular flexibility index (Phi) is 5.76. The Bertz CT molecular complexity index is 1600. The lowest BCUT2D eigenvalue weighted by Crippen LogP contribution is -2.19. The average molecular weight is 494 g/mol. The van der Waals surface area contributed by atoms with E-state index in [0.717, 1.165) is 5.69 Å². The van der Waals surface area contributed by atoms with E-state index in [1.54, 1.807) is 0 Å². The molecule has 0 fully saturated rings. The molecule has 1 N–H and O–H groups in total. The minimum atomic E-state index is -0.0459. The first kappa shape index (κ1) is 24.2. The summed E-state index contributed by atoms with van der Waals surface area (Å²) in [6.07, 6.45) is 0. The van der Waals surface area contributed by atoms with Crippen molar-refractivity contribution < 1.29 is 0 Å². The summed E-state index contributed by atoms with van der Waals surface area (Å²) in [5.74, 6) is 0. The molecule has 5 aromatic carbocycles. The van der Waals surface area contributed by atoms with Gasteiger partial charge in [0, 0.05) is 16.8 Å². The van der Waals surface area contributed by atoms with Gasteiger partial charge in [0.25, 0.3) is 0 Å². The first-order valence-corrected chi connectivity index (χ1v) is 13.5. The van der Waals surface area contributed by atoms with Crippen LogP contribution in [0.3, 0.4) is 0 Å². The lowest BCUT2D eigenvalue weighted by molar-refractivity contribution is 0.587. The smallest absolute Gasteiger partial charge is 0.0428 e. The summed E-state index contributed by atoms with van der Waals surface area (Å²) in [6.45, 7) is 11.6. The molecule has 0 spiro atoms. The van der Waals surface area contributed by atoms with Crippen molar-refractivity contribution in [2.75, 3.05) is 5.32 Å². The van der Waals surface area contributed by atoms with Gasteiger partial charge in [-0.2, -0.15) is 0 Å². The predicted molar refractivity (Wildman–Crippen MR) is 163 cm³/mol. The van der Waals surface area contributed by atoms with Crippen LogP contribution in [0.5, 0.6) is 0 Å². The minimum Gasteiger partial charge on any atom is -0.355 e. The van der Waals surface area contributed by atoms with Gasteiger partial charge in [-0.15, -0.1) is 0 Å². The zero-order valence-corrected chi connectivity index (χ0v) is 23.0. The highest BCUT2D eigenvalue weighted by atomic mass is 14.9. The Hall–Kier alpha value is -4.10. The fourth-order valence-electron chi connectivity index (χ4n) is 5.86. The molecule has 0 aliphatic heterocycles. The highest BCUT2D eigenvalue weighted by molar-refractivity contribution is 5.88. The van der Waals surface area contributed by atoms with Crippen molar-refractivity contribution in [2.24, 2.45) is 0 Å². The summed E-state index contributed by atoms with van der Waals surface area (Å²) in [4.78, 5) is 0. The predicted octanol–water partition coefficient (Wildman–Crippen LogP) is 10.4. The Morgan fingerprint density at radius 3 is 1.66 bits per heavy atom.